The topological polar surface area (TPSA) is 18.5 Å². The summed E-state index contributed by atoms with van der Waals surface area (Å²) in [4.78, 5) is 0. The number of ether oxygens (including phenoxy) is 2. The van der Waals surface area contributed by atoms with Gasteiger partial charge in [-0.1, -0.05) is 0 Å². The Kier molecular flexibility index (Phi) is 7.64. The highest BCUT2D eigenvalue weighted by atomic mass is 19.4. The van der Waals surface area contributed by atoms with E-state index in [-0.39, 0.29) is 5.75 Å². The minimum atomic E-state index is -8.63. The molecular weight excluding hydrogens is 547 g/mol. The Morgan fingerprint density at radius 1 is 0.543 bits per heavy atom. The zero-order valence-electron chi connectivity index (χ0n) is 16.1. The molecule has 0 aliphatic carbocycles. The van der Waals surface area contributed by atoms with E-state index in [1.165, 1.54) is 0 Å². The van der Waals surface area contributed by atoms with Gasteiger partial charge in [0, 0.05) is 0 Å². The van der Waals surface area contributed by atoms with Crippen molar-refractivity contribution in [2.75, 3.05) is 7.11 Å². The zero-order chi connectivity index (χ0) is 28.1. The molecule has 0 spiro atoms. The van der Waals surface area contributed by atoms with Crippen LogP contribution in [0.25, 0.3) is 0 Å². The van der Waals surface area contributed by atoms with E-state index in [1.807, 2.05) is 0 Å². The molecule has 0 N–H and O–H groups in total. The summed E-state index contributed by atoms with van der Waals surface area (Å²) < 4.78 is 231. The molecule has 1 rings (SSSR count). The second kappa shape index (κ2) is 8.79. The molecule has 0 fully saturated rings. The molecule has 1 aromatic rings. The molecule has 0 radical (unpaired) electrons. The third kappa shape index (κ3) is 4.52. The Morgan fingerprint density at radius 3 is 1.26 bits per heavy atom. The van der Waals surface area contributed by atoms with Crippen molar-refractivity contribution < 1.29 is 84.1 Å². The highest BCUT2D eigenvalue weighted by Gasteiger charge is 2.93. The average molecular weight is 554 g/mol. The molecule has 0 bridgehead atoms. The van der Waals surface area contributed by atoms with E-state index in [4.69, 9.17) is 0 Å². The molecule has 0 heterocycles. The van der Waals surface area contributed by atoms with Crippen molar-refractivity contribution in [2.45, 2.75) is 41.7 Å². The van der Waals surface area contributed by atoms with E-state index in [0.29, 0.717) is 12.1 Å². The van der Waals surface area contributed by atoms with Gasteiger partial charge in [0.15, 0.2) is 0 Å². The zero-order valence-corrected chi connectivity index (χ0v) is 16.1. The highest BCUT2D eigenvalue weighted by Crippen LogP contribution is 2.63. The van der Waals surface area contributed by atoms with E-state index in [9.17, 15) is 74.6 Å². The van der Waals surface area contributed by atoms with Crippen LogP contribution >= 0.6 is 0 Å². The Balaban J connectivity index is 3.54. The first-order valence-corrected chi connectivity index (χ1v) is 8.05. The Hall–Kier alpha value is -2.63. The van der Waals surface area contributed by atoms with Gasteiger partial charge in [0.2, 0.25) is 5.83 Å². The summed E-state index contributed by atoms with van der Waals surface area (Å²) in [5, 5.41) is 0. The molecule has 0 saturated carbocycles. The van der Waals surface area contributed by atoms with E-state index in [0.717, 1.165) is 19.2 Å². The fourth-order valence-corrected chi connectivity index (χ4v) is 2.02. The Morgan fingerprint density at radius 2 is 0.886 bits per heavy atom. The van der Waals surface area contributed by atoms with Crippen LogP contribution in [0.1, 0.15) is 0 Å². The quantitative estimate of drug-likeness (QED) is 0.232. The summed E-state index contributed by atoms with van der Waals surface area (Å²) in [6.45, 7) is 0. The van der Waals surface area contributed by atoms with E-state index < -0.39 is 59.3 Å². The van der Waals surface area contributed by atoms with Crippen molar-refractivity contribution in [3.63, 3.8) is 0 Å². The SMILES string of the molecule is COc1ccc(OC(F)=C(F)C(F)(F)C(F)(F)C(F)(F)C(F)(F)C(F)(F)C(F)(F)C(F)(F)F)cc1. The predicted octanol–water partition coefficient (Wildman–Crippen LogP) is 7.56. The Bertz CT molecular complexity index is 930. The van der Waals surface area contributed by atoms with Crippen LogP contribution in [0.15, 0.2) is 36.1 Å². The Labute approximate surface area is 181 Å². The number of hydrogen-bond donors (Lipinski definition) is 0. The normalized spacial score (nSPS) is 15.6. The number of methoxy groups -OCH3 is 1. The first-order valence-electron chi connectivity index (χ1n) is 8.05. The summed E-state index contributed by atoms with van der Waals surface area (Å²) in [7, 11) is 1.07. The second-order valence-corrected chi connectivity index (χ2v) is 6.31. The molecule has 0 saturated heterocycles. The molecule has 1 aromatic carbocycles. The van der Waals surface area contributed by atoms with Crippen molar-refractivity contribution in [2.24, 2.45) is 0 Å². The van der Waals surface area contributed by atoms with Crippen LogP contribution in [0.2, 0.25) is 0 Å². The smallest absolute Gasteiger partial charge is 0.460 e. The van der Waals surface area contributed by atoms with Crippen LogP contribution in [-0.2, 0) is 0 Å². The van der Waals surface area contributed by atoms with E-state index >= 15 is 0 Å². The molecule has 2 nitrogen and oxygen atoms in total. The molecule has 0 aliphatic rings. The van der Waals surface area contributed by atoms with Gasteiger partial charge < -0.3 is 9.47 Å². The van der Waals surface area contributed by atoms with E-state index in [2.05, 4.69) is 9.47 Å². The first-order chi connectivity index (χ1) is 15.3. The number of hydrogen-bond acceptors (Lipinski definition) is 2. The number of rotatable bonds is 9. The lowest BCUT2D eigenvalue weighted by atomic mass is 9.91. The lowest BCUT2D eigenvalue weighted by Crippen LogP contribution is -2.72. The maximum Gasteiger partial charge on any atom is 0.460 e. The molecule has 0 amide bonds. The van der Waals surface area contributed by atoms with Crippen LogP contribution in [0, 0.1) is 0 Å². The van der Waals surface area contributed by atoms with Crippen LogP contribution in [0.5, 0.6) is 11.5 Å². The van der Waals surface area contributed by atoms with Crippen molar-refractivity contribution in [1.82, 2.24) is 0 Å². The maximum absolute atomic E-state index is 13.6. The van der Waals surface area contributed by atoms with Crippen molar-refractivity contribution in [3.8, 4) is 11.5 Å². The van der Waals surface area contributed by atoms with Gasteiger partial charge in [-0.15, -0.1) is 0 Å². The molecule has 19 heteroatoms. The lowest BCUT2D eigenvalue weighted by molar-refractivity contribution is -0.451. The van der Waals surface area contributed by atoms with E-state index in [1.54, 1.807) is 0 Å². The van der Waals surface area contributed by atoms with Gasteiger partial charge in [0.1, 0.15) is 11.5 Å². The number of halogens is 17. The fourth-order valence-electron chi connectivity index (χ4n) is 2.02. The van der Waals surface area contributed by atoms with Crippen molar-refractivity contribution >= 4 is 0 Å². The largest absolute Gasteiger partial charge is 0.497 e. The molecular formula is C16H7F17O2. The van der Waals surface area contributed by atoms with Gasteiger partial charge in [0.25, 0.3) is 0 Å². The summed E-state index contributed by atoms with van der Waals surface area (Å²) in [5.41, 5.74) is 0. The number of alkyl halides is 15. The summed E-state index contributed by atoms with van der Waals surface area (Å²) >= 11 is 0. The van der Waals surface area contributed by atoms with Crippen LogP contribution in [0.3, 0.4) is 0 Å². The molecule has 35 heavy (non-hydrogen) atoms. The summed E-state index contributed by atoms with van der Waals surface area (Å²) in [6.07, 6.45) is -7.78. The lowest BCUT2D eigenvalue weighted by Gasteiger charge is -2.41. The molecule has 0 atom stereocenters. The van der Waals surface area contributed by atoms with Crippen molar-refractivity contribution in [3.05, 3.63) is 36.1 Å². The molecule has 0 aliphatic heterocycles. The molecule has 0 aromatic heterocycles. The fraction of sp³-hybridized carbons (Fsp3) is 0.500. The van der Waals surface area contributed by atoms with Crippen LogP contribution in [-0.4, -0.2) is 48.8 Å². The van der Waals surface area contributed by atoms with Gasteiger partial charge in [-0.3, -0.25) is 0 Å². The van der Waals surface area contributed by atoms with Gasteiger partial charge in [-0.05, 0) is 24.3 Å². The average Bonchev–Trinajstić information content (AvgIpc) is 2.71. The third-order valence-electron chi connectivity index (χ3n) is 4.04. The van der Waals surface area contributed by atoms with Crippen LogP contribution in [0.4, 0.5) is 74.6 Å². The minimum Gasteiger partial charge on any atom is -0.497 e. The van der Waals surface area contributed by atoms with Gasteiger partial charge in [0.05, 0.1) is 7.11 Å². The summed E-state index contributed by atoms with van der Waals surface area (Å²) in [6, 6.07) is -0.670. The highest BCUT2D eigenvalue weighted by molar-refractivity contribution is 5.32. The van der Waals surface area contributed by atoms with Gasteiger partial charge >= 0.3 is 47.7 Å². The van der Waals surface area contributed by atoms with Crippen molar-refractivity contribution in [1.29, 1.82) is 0 Å². The standard InChI is InChI=1S/C16H7F17O2/c1-34-6-2-4-7(5-3-6)35-9(18)8(17)10(19,20)11(21,22)12(23,24)13(25,26)14(27,28)15(29,30)16(31,32)33/h2-5H,1H3. The number of allylic oxidation sites excluding steroid dienone is 1. The minimum absolute atomic E-state index is 0.0440. The second-order valence-electron chi connectivity index (χ2n) is 6.31. The monoisotopic (exact) mass is 554 g/mol. The number of benzene rings is 1. The predicted molar refractivity (Wildman–Crippen MR) is 78.6 cm³/mol. The first kappa shape index (κ1) is 30.4. The van der Waals surface area contributed by atoms with Gasteiger partial charge in [-0.25, -0.2) is 0 Å². The van der Waals surface area contributed by atoms with Crippen LogP contribution < -0.4 is 9.47 Å². The van der Waals surface area contributed by atoms with Gasteiger partial charge in [-0.2, -0.15) is 74.6 Å². The summed E-state index contributed by atoms with van der Waals surface area (Å²) in [5.74, 6) is -55.2. The molecule has 202 valence electrons. The maximum atomic E-state index is 13.6. The molecule has 0 unspecified atom stereocenters. The third-order valence-corrected chi connectivity index (χ3v) is 4.04.